The number of amides is 2. The molecule has 162 valence electrons. The molecule has 0 aromatic heterocycles. The van der Waals surface area contributed by atoms with Crippen molar-refractivity contribution in [3.63, 3.8) is 0 Å². The van der Waals surface area contributed by atoms with Crippen LogP contribution in [0.4, 0.5) is 20.2 Å². The zero-order chi connectivity index (χ0) is 22.4. The first-order valence-electron chi connectivity index (χ1n) is 10.1. The number of carbonyl (C=O) groups is 2. The molecule has 0 saturated heterocycles. The lowest BCUT2D eigenvalue weighted by Crippen LogP contribution is -2.47. The Bertz CT molecular complexity index is 862. The average molecular weight is 418 g/mol. The Morgan fingerprint density at radius 3 is 2.00 bits per heavy atom. The van der Waals surface area contributed by atoms with E-state index in [0.717, 1.165) is 24.4 Å². The van der Waals surface area contributed by atoms with Crippen LogP contribution in [0.25, 0.3) is 0 Å². The zero-order valence-electron chi connectivity index (χ0n) is 18.0. The second kappa shape index (κ2) is 10.2. The van der Waals surface area contributed by atoms with Crippen molar-refractivity contribution in [1.29, 1.82) is 0 Å². The van der Waals surface area contributed by atoms with Crippen LogP contribution in [0.15, 0.2) is 42.5 Å². The van der Waals surface area contributed by atoms with Gasteiger partial charge in [-0.15, -0.1) is 0 Å². The second-order valence-corrected chi connectivity index (χ2v) is 7.71. The summed E-state index contributed by atoms with van der Waals surface area (Å²) in [6.07, 6.45) is 0. The van der Waals surface area contributed by atoms with Crippen molar-refractivity contribution >= 4 is 23.2 Å². The topological polar surface area (TPSA) is 61.4 Å². The van der Waals surface area contributed by atoms with Crippen molar-refractivity contribution < 1.29 is 18.4 Å². The van der Waals surface area contributed by atoms with Crippen LogP contribution in [0.3, 0.4) is 0 Å². The predicted octanol–water partition coefficient (Wildman–Crippen LogP) is 4.59. The number of rotatable bonds is 8. The maximum absolute atomic E-state index is 13.9. The summed E-state index contributed by atoms with van der Waals surface area (Å²) in [6, 6.07) is 9.96. The first-order chi connectivity index (χ1) is 14.1. The van der Waals surface area contributed by atoms with Gasteiger partial charge in [-0.05, 0) is 63.1 Å². The van der Waals surface area contributed by atoms with E-state index < -0.39 is 35.1 Å². The molecule has 5 nitrogen and oxygen atoms in total. The molecule has 1 unspecified atom stereocenters. The van der Waals surface area contributed by atoms with Crippen LogP contribution in [-0.4, -0.2) is 30.4 Å². The van der Waals surface area contributed by atoms with E-state index in [9.17, 15) is 18.4 Å². The molecule has 2 aromatic carbocycles. The van der Waals surface area contributed by atoms with E-state index in [1.807, 2.05) is 12.1 Å². The monoisotopic (exact) mass is 417 g/mol. The van der Waals surface area contributed by atoms with Gasteiger partial charge in [-0.1, -0.05) is 19.9 Å². The van der Waals surface area contributed by atoms with Gasteiger partial charge in [0.1, 0.15) is 23.2 Å². The molecule has 0 fully saturated rings. The van der Waals surface area contributed by atoms with Gasteiger partial charge in [0.05, 0.1) is 0 Å². The number of hydrogen-bond acceptors (Lipinski definition) is 3. The minimum Gasteiger partial charge on any atom is -0.369 e. The van der Waals surface area contributed by atoms with Gasteiger partial charge in [-0.2, -0.15) is 0 Å². The van der Waals surface area contributed by atoms with E-state index in [2.05, 4.69) is 36.3 Å². The zero-order valence-corrected chi connectivity index (χ0v) is 18.0. The molecule has 2 amide bonds. The Morgan fingerprint density at radius 1 is 0.967 bits per heavy atom. The lowest BCUT2D eigenvalue weighted by molar-refractivity contribution is -0.118. The Kier molecular flexibility index (Phi) is 7.92. The molecule has 1 atom stereocenters. The Balaban J connectivity index is 2.13. The number of anilines is 2. The van der Waals surface area contributed by atoms with Crippen LogP contribution < -0.4 is 15.5 Å². The Morgan fingerprint density at radius 2 is 1.53 bits per heavy atom. The van der Waals surface area contributed by atoms with Crippen LogP contribution in [0.2, 0.25) is 0 Å². The molecular formula is C23H29F2N3O2. The molecule has 2 N–H and O–H groups in total. The molecule has 0 radical (unpaired) electrons. The molecule has 0 heterocycles. The summed E-state index contributed by atoms with van der Waals surface area (Å²) < 4.78 is 27.8. The average Bonchev–Trinajstić information content (AvgIpc) is 2.67. The van der Waals surface area contributed by atoms with Gasteiger partial charge in [0.15, 0.2) is 0 Å². The maximum atomic E-state index is 13.9. The fraction of sp³-hybridized carbons (Fsp3) is 0.391. The van der Waals surface area contributed by atoms with E-state index in [1.54, 1.807) is 26.0 Å². The number of benzene rings is 2. The second-order valence-electron chi connectivity index (χ2n) is 7.71. The molecule has 0 spiro atoms. The molecule has 0 aliphatic carbocycles. The SMILES string of the molecule is CCN(c1ccc(NC(=O)C(NC(=O)c2c(F)cccc2F)C(C)C)cc1)C(C)C. The summed E-state index contributed by atoms with van der Waals surface area (Å²) in [7, 11) is 0. The van der Waals surface area contributed by atoms with E-state index in [-0.39, 0.29) is 5.92 Å². The minimum atomic E-state index is -0.975. The third kappa shape index (κ3) is 5.55. The van der Waals surface area contributed by atoms with Gasteiger partial charge < -0.3 is 15.5 Å². The van der Waals surface area contributed by atoms with E-state index in [4.69, 9.17) is 0 Å². The summed E-state index contributed by atoms with van der Waals surface area (Å²) in [5, 5.41) is 5.21. The largest absolute Gasteiger partial charge is 0.369 e. The summed E-state index contributed by atoms with van der Waals surface area (Å²) in [5.74, 6) is -3.67. The highest BCUT2D eigenvalue weighted by atomic mass is 19.1. The van der Waals surface area contributed by atoms with E-state index >= 15 is 0 Å². The smallest absolute Gasteiger partial charge is 0.257 e. The van der Waals surface area contributed by atoms with Crippen LogP contribution in [0, 0.1) is 17.6 Å². The van der Waals surface area contributed by atoms with Gasteiger partial charge in [0.25, 0.3) is 5.91 Å². The molecule has 0 saturated carbocycles. The highest BCUT2D eigenvalue weighted by Crippen LogP contribution is 2.20. The number of nitrogens with zero attached hydrogens (tertiary/aromatic N) is 1. The summed E-state index contributed by atoms with van der Waals surface area (Å²) in [4.78, 5) is 27.4. The number of hydrogen-bond donors (Lipinski definition) is 2. The molecule has 30 heavy (non-hydrogen) atoms. The van der Waals surface area contributed by atoms with Crippen molar-refractivity contribution in [3.8, 4) is 0 Å². The molecule has 0 aliphatic heterocycles. The first-order valence-corrected chi connectivity index (χ1v) is 10.1. The molecular weight excluding hydrogens is 388 g/mol. The first kappa shape index (κ1) is 23.3. The van der Waals surface area contributed by atoms with Crippen LogP contribution in [0.5, 0.6) is 0 Å². The third-order valence-electron chi connectivity index (χ3n) is 4.86. The maximum Gasteiger partial charge on any atom is 0.257 e. The Hall–Kier alpha value is -2.96. The Labute approximate surface area is 176 Å². The fourth-order valence-corrected chi connectivity index (χ4v) is 3.27. The van der Waals surface area contributed by atoms with Crippen LogP contribution in [-0.2, 0) is 4.79 Å². The van der Waals surface area contributed by atoms with Gasteiger partial charge >= 0.3 is 0 Å². The van der Waals surface area contributed by atoms with Crippen molar-refractivity contribution in [2.75, 3.05) is 16.8 Å². The van der Waals surface area contributed by atoms with Gasteiger partial charge in [-0.3, -0.25) is 9.59 Å². The molecule has 2 rings (SSSR count). The van der Waals surface area contributed by atoms with E-state index in [0.29, 0.717) is 11.7 Å². The molecule has 0 aliphatic rings. The molecule has 7 heteroatoms. The highest BCUT2D eigenvalue weighted by Gasteiger charge is 2.27. The lowest BCUT2D eigenvalue weighted by Gasteiger charge is -2.27. The third-order valence-corrected chi connectivity index (χ3v) is 4.86. The lowest BCUT2D eigenvalue weighted by atomic mass is 10.0. The normalized spacial score (nSPS) is 12.0. The summed E-state index contributed by atoms with van der Waals surface area (Å²) in [5.41, 5.74) is 0.906. The van der Waals surface area contributed by atoms with E-state index in [1.165, 1.54) is 6.07 Å². The van der Waals surface area contributed by atoms with Crippen molar-refractivity contribution in [2.45, 2.75) is 46.7 Å². The summed E-state index contributed by atoms with van der Waals surface area (Å²) >= 11 is 0. The van der Waals surface area contributed by atoms with Crippen molar-refractivity contribution in [1.82, 2.24) is 5.32 Å². The number of nitrogens with one attached hydrogen (secondary N) is 2. The number of carbonyl (C=O) groups excluding carboxylic acids is 2. The van der Waals surface area contributed by atoms with Crippen LogP contribution >= 0.6 is 0 Å². The minimum absolute atomic E-state index is 0.292. The van der Waals surface area contributed by atoms with Gasteiger partial charge in [-0.25, -0.2) is 8.78 Å². The standard InChI is InChI=1S/C23H29F2N3O2/c1-6-28(15(4)5)17-12-10-16(11-13-17)26-23(30)21(14(2)3)27-22(29)20-18(24)8-7-9-19(20)25/h7-15,21H,6H2,1-5H3,(H,26,30)(H,27,29). The predicted molar refractivity (Wildman–Crippen MR) is 116 cm³/mol. The van der Waals surface area contributed by atoms with Gasteiger partial charge in [0.2, 0.25) is 5.91 Å². The summed E-state index contributed by atoms with van der Waals surface area (Å²) in [6.45, 7) is 10.6. The molecule has 0 bridgehead atoms. The highest BCUT2D eigenvalue weighted by molar-refractivity contribution is 6.01. The van der Waals surface area contributed by atoms with Crippen LogP contribution in [0.1, 0.15) is 45.0 Å². The number of halogens is 2. The quantitative estimate of drug-likeness (QED) is 0.660. The van der Waals surface area contributed by atoms with Crippen molar-refractivity contribution in [2.24, 2.45) is 5.92 Å². The molecule has 2 aromatic rings. The van der Waals surface area contributed by atoms with Gasteiger partial charge in [0, 0.05) is 24.0 Å². The fourth-order valence-electron chi connectivity index (χ4n) is 3.27. The van der Waals surface area contributed by atoms with Crippen molar-refractivity contribution in [3.05, 3.63) is 59.7 Å².